The Bertz CT molecular complexity index is 1450. The van der Waals surface area contributed by atoms with Crippen molar-refractivity contribution in [3.8, 4) is 23.6 Å². The van der Waals surface area contributed by atoms with Gasteiger partial charge >= 0.3 is 11.9 Å². The highest BCUT2D eigenvalue weighted by Gasteiger charge is 2.12. The van der Waals surface area contributed by atoms with E-state index in [2.05, 4.69) is 21.8 Å². The van der Waals surface area contributed by atoms with Gasteiger partial charge in [0.2, 0.25) is 0 Å². The van der Waals surface area contributed by atoms with Gasteiger partial charge in [-0.3, -0.25) is 0 Å². The Morgan fingerprint density at radius 3 is 2.59 bits per heavy atom. The molecule has 4 aromatic rings. The van der Waals surface area contributed by atoms with Gasteiger partial charge in [0, 0.05) is 11.1 Å². The molecular formula is C24H15ClN2O5. The van der Waals surface area contributed by atoms with Crippen LogP contribution in [0, 0.1) is 18.8 Å². The Labute approximate surface area is 187 Å². The minimum absolute atomic E-state index is 0.145. The van der Waals surface area contributed by atoms with Crippen LogP contribution in [0.1, 0.15) is 37.4 Å². The van der Waals surface area contributed by atoms with E-state index in [9.17, 15) is 14.7 Å². The van der Waals surface area contributed by atoms with Gasteiger partial charge in [-0.25, -0.2) is 9.59 Å². The molecule has 0 aliphatic rings. The zero-order chi connectivity index (χ0) is 22.8. The number of imidazole rings is 1. The van der Waals surface area contributed by atoms with Crippen molar-refractivity contribution in [2.24, 2.45) is 0 Å². The molecule has 0 spiro atoms. The van der Waals surface area contributed by atoms with Crippen molar-refractivity contribution < 1.29 is 24.5 Å². The average molecular weight is 447 g/mol. The topological polar surface area (TPSA) is 113 Å². The standard InChI is InChI=1S/C24H15ClN2O5/c1-13-5-8-17(11-18(13)23(30)31)32-24-26-20-10-15(19(25)12-21(20)27-24)7-6-14-3-2-4-16(9-14)22(28)29/h2-5,8-12H,1H3,(H,26,27)(H,28,29)(H,30,31). The van der Waals surface area contributed by atoms with Gasteiger partial charge in [0.15, 0.2) is 0 Å². The normalized spacial score (nSPS) is 10.4. The zero-order valence-corrected chi connectivity index (χ0v) is 17.4. The maximum Gasteiger partial charge on any atom is 0.336 e. The molecule has 0 unspecified atom stereocenters. The second-order valence-corrected chi connectivity index (χ2v) is 7.32. The highest BCUT2D eigenvalue weighted by Crippen LogP contribution is 2.27. The minimum Gasteiger partial charge on any atom is -0.478 e. The lowest BCUT2D eigenvalue weighted by Crippen LogP contribution is -2.00. The average Bonchev–Trinajstić information content (AvgIpc) is 3.14. The SMILES string of the molecule is Cc1ccc(Oc2nc3cc(C#Cc4cccc(C(=O)O)c4)c(Cl)cc3[nH]2)cc1C(=O)O. The van der Waals surface area contributed by atoms with E-state index in [1.807, 2.05) is 0 Å². The second kappa shape index (κ2) is 8.46. The lowest BCUT2D eigenvalue weighted by Gasteiger charge is -2.05. The van der Waals surface area contributed by atoms with E-state index >= 15 is 0 Å². The first-order valence-electron chi connectivity index (χ1n) is 9.36. The van der Waals surface area contributed by atoms with Gasteiger partial charge in [-0.15, -0.1) is 0 Å². The van der Waals surface area contributed by atoms with Crippen LogP contribution >= 0.6 is 11.6 Å². The van der Waals surface area contributed by atoms with E-state index in [-0.39, 0.29) is 17.1 Å². The van der Waals surface area contributed by atoms with Gasteiger partial charge < -0.3 is 19.9 Å². The molecule has 0 radical (unpaired) electrons. The number of carboxylic acid groups (broad SMARTS) is 2. The van der Waals surface area contributed by atoms with Crippen LogP contribution in [0.15, 0.2) is 54.6 Å². The number of benzene rings is 3. The number of fused-ring (bicyclic) bond motifs is 1. The van der Waals surface area contributed by atoms with Gasteiger partial charge in [0.1, 0.15) is 5.75 Å². The molecule has 0 aliphatic carbocycles. The predicted molar refractivity (Wildman–Crippen MR) is 119 cm³/mol. The minimum atomic E-state index is -1.04. The summed E-state index contributed by atoms with van der Waals surface area (Å²) in [6.45, 7) is 1.71. The number of aromatic nitrogens is 2. The van der Waals surface area contributed by atoms with E-state index < -0.39 is 11.9 Å². The second-order valence-electron chi connectivity index (χ2n) is 6.91. The van der Waals surface area contributed by atoms with Crippen molar-refractivity contribution in [3.63, 3.8) is 0 Å². The predicted octanol–water partition coefficient (Wildman–Crippen LogP) is 5.11. The summed E-state index contributed by atoms with van der Waals surface area (Å²) in [5.41, 5.74) is 3.15. The van der Waals surface area contributed by atoms with Crippen molar-refractivity contribution in [1.82, 2.24) is 9.97 Å². The molecule has 1 heterocycles. The van der Waals surface area contributed by atoms with Gasteiger partial charge in [0.25, 0.3) is 6.01 Å². The first-order valence-corrected chi connectivity index (χ1v) is 9.74. The summed E-state index contributed by atoms with van der Waals surface area (Å²) in [7, 11) is 0. The quantitative estimate of drug-likeness (QED) is 0.375. The Hall–Kier alpha value is -4.28. The van der Waals surface area contributed by atoms with Crippen LogP contribution in [0.2, 0.25) is 5.02 Å². The number of ether oxygens (including phenoxy) is 1. The molecule has 8 heteroatoms. The number of hydrogen-bond acceptors (Lipinski definition) is 4. The Balaban J connectivity index is 1.63. The van der Waals surface area contributed by atoms with Gasteiger partial charge in [-0.2, -0.15) is 4.98 Å². The van der Waals surface area contributed by atoms with E-state index in [1.165, 1.54) is 18.2 Å². The fourth-order valence-corrected chi connectivity index (χ4v) is 3.24. The number of halogens is 1. The summed E-state index contributed by atoms with van der Waals surface area (Å²) < 4.78 is 5.69. The smallest absolute Gasteiger partial charge is 0.336 e. The van der Waals surface area contributed by atoms with Crippen LogP contribution in [0.5, 0.6) is 11.8 Å². The van der Waals surface area contributed by atoms with Crippen LogP contribution in [0.3, 0.4) is 0 Å². The molecule has 0 amide bonds. The van der Waals surface area contributed by atoms with Crippen molar-refractivity contribution in [3.05, 3.63) is 87.4 Å². The van der Waals surface area contributed by atoms with Crippen molar-refractivity contribution >= 4 is 34.6 Å². The van der Waals surface area contributed by atoms with Gasteiger partial charge in [-0.05, 0) is 55.0 Å². The van der Waals surface area contributed by atoms with Crippen LogP contribution in [-0.4, -0.2) is 32.1 Å². The zero-order valence-electron chi connectivity index (χ0n) is 16.6. The molecule has 7 nitrogen and oxygen atoms in total. The molecule has 1 aromatic heterocycles. The maximum atomic E-state index is 11.3. The molecule has 0 fully saturated rings. The van der Waals surface area contributed by atoms with Crippen LogP contribution < -0.4 is 4.74 Å². The van der Waals surface area contributed by atoms with Crippen LogP contribution in [0.4, 0.5) is 0 Å². The maximum absolute atomic E-state index is 11.3. The molecule has 0 saturated carbocycles. The third-order valence-electron chi connectivity index (χ3n) is 4.65. The molecule has 0 saturated heterocycles. The fraction of sp³-hybridized carbons (Fsp3) is 0.0417. The highest BCUT2D eigenvalue weighted by atomic mass is 35.5. The highest BCUT2D eigenvalue weighted by molar-refractivity contribution is 6.32. The van der Waals surface area contributed by atoms with Crippen molar-refractivity contribution in [2.75, 3.05) is 0 Å². The summed E-state index contributed by atoms with van der Waals surface area (Å²) in [4.78, 5) is 29.8. The summed E-state index contributed by atoms with van der Waals surface area (Å²) >= 11 is 6.34. The van der Waals surface area contributed by atoms with Crippen molar-refractivity contribution in [2.45, 2.75) is 6.92 Å². The molecule has 3 aromatic carbocycles. The third-order valence-corrected chi connectivity index (χ3v) is 4.97. The molecule has 158 valence electrons. The number of aryl methyl sites for hydroxylation is 1. The Morgan fingerprint density at radius 1 is 1.03 bits per heavy atom. The summed E-state index contributed by atoms with van der Waals surface area (Å²) in [5.74, 6) is 4.11. The van der Waals surface area contributed by atoms with Gasteiger partial charge in [-0.1, -0.05) is 35.6 Å². The number of carbonyl (C=O) groups is 2. The number of aromatic amines is 1. The number of nitrogens with one attached hydrogen (secondary N) is 1. The molecule has 3 N–H and O–H groups in total. The molecule has 0 bridgehead atoms. The monoisotopic (exact) mass is 446 g/mol. The fourth-order valence-electron chi connectivity index (χ4n) is 3.03. The van der Waals surface area contributed by atoms with E-state index in [0.29, 0.717) is 38.5 Å². The largest absolute Gasteiger partial charge is 0.478 e. The van der Waals surface area contributed by atoms with E-state index in [4.69, 9.17) is 21.4 Å². The van der Waals surface area contributed by atoms with Crippen molar-refractivity contribution in [1.29, 1.82) is 0 Å². The summed E-state index contributed by atoms with van der Waals surface area (Å²) in [6.07, 6.45) is 0. The summed E-state index contributed by atoms with van der Waals surface area (Å²) in [6, 6.07) is 14.6. The number of rotatable bonds is 4. The van der Waals surface area contributed by atoms with E-state index in [1.54, 1.807) is 43.3 Å². The number of aromatic carboxylic acids is 2. The third kappa shape index (κ3) is 4.41. The van der Waals surface area contributed by atoms with Crippen LogP contribution in [0.25, 0.3) is 11.0 Å². The molecule has 0 atom stereocenters. The Morgan fingerprint density at radius 2 is 1.84 bits per heavy atom. The number of hydrogen-bond donors (Lipinski definition) is 3. The number of nitrogens with zero attached hydrogens (tertiary/aromatic N) is 1. The van der Waals surface area contributed by atoms with Crippen LogP contribution in [-0.2, 0) is 0 Å². The van der Waals surface area contributed by atoms with Gasteiger partial charge in [0.05, 0.1) is 27.2 Å². The molecule has 0 aliphatic heterocycles. The first kappa shape index (κ1) is 21.0. The number of H-pyrrole nitrogens is 1. The summed E-state index contributed by atoms with van der Waals surface area (Å²) in [5, 5.41) is 18.8. The Kier molecular flexibility index (Phi) is 5.54. The lowest BCUT2D eigenvalue weighted by atomic mass is 10.1. The number of carboxylic acids is 2. The van der Waals surface area contributed by atoms with E-state index in [0.717, 1.165) is 0 Å². The lowest BCUT2D eigenvalue weighted by molar-refractivity contribution is 0.0685. The first-order chi connectivity index (χ1) is 15.3. The molecule has 4 rings (SSSR count). The molecular weight excluding hydrogens is 432 g/mol. The molecule has 32 heavy (non-hydrogen) atoms.